The van der Waals surface area contributed by atoms with Crippen molar-refractivity contribution in [1.82, 2.24) is 5.32 Å². The first-order valence-electron chi connectivity index (χ1n) is 6.74. The smallest absolute Gasteiger partial charge is 0.220 e. The Kier molecular flexibility index (Phi) is 4.77. The number of para-hydroxylation sites is 1. The van der Waals surface area contributed by atoms with E-state index >= 15 is 0 Å². The minimum Gasteiger partial charge on any atom is -0.508 e. The third kappa shape index (κ3) is 4.12. The number of aromatic hydroxyl groups is 1. The van der Waals surface area contributed by atoms with E-state index in [1.54, 1.807) is 18.2 Å². The van der Waals surface area contributed by atoms with Gasteiger partial charge in [-0.2, -0.15) is 0 Å². The van der Waals surface area contributed by atoms with Crippen LogP contribution in [-0.4, -0.2) is 11.0 Å². The van der Waals surface area contributed by atoms with Gasteiger partial charge in [-0.1, -0.05) is 48.0 Å². The molecular formula is C17H19NO2. The van der Waals surface area contributed by atoms with Crippen LogP contribution >= 0.6 is 0 Å². The third-order valence-corrected chi connectivity index (χ3v) is 3.19. The van der Waals surface area contributed by atoms with Crippen LogP contribution in [-0.2, 0) is 17.8 Å². The highest BCUT2D eigenvalue weighted by molar-refractivity contribution is 5.76. The summed E-state index contributed by atoms with van der Waals surface area (Å²) in [5, 5.41) is 12.4. The average molecular weight is 269 g/mol. The second-order valence-electron chi connectivity index (χ2n) is 4.89. The first kappa shape index (κ1) is 14.1. The highest BCUT2D eigenvalue weighted by Crippen LogP contribution is 2.15. The number of nitrogens with one attached hydrogen (secondary N) is 1. The maximum atomic E-state index is 11.8. The second-order valence-corrected chi connectivity index (χ2v) is 4.89. The van der Waals surface area contributed by atoms with Crippen molar-refractivity contribution in [2.75, 3.05) is 0 Å². The van der Waals surface area contributed by atoms with Crippen molar-refractivity contribution in [3.63, 3.8) is 0 Å². The van der Waals surface area contributed by atoms with Gasteiger partial charge in [0.05, 0.1) is 0 Å². The molecule has 0 saturated carbocycles. The molecule has 0 aliphatic rings. The van der Waals surface area contributed by atoms with Gasteiger partial charge in [-0.3, -0.25) is 4.79 Å². The maximum absolute atomic E-state index is 11.8. The molecule has 0 aliphatic carbocycles. The minimum atomic E-state index is -0.00485. The van der Waals surface area contributed by atoms with Gasteiger partial charge in [0.15, 0.2) is 0 Å². The fourth-order valence-corrected chi connectivity index (χ4v) is 2.07. The summed E-state index contributed by atoms with van der Waals surface area (Å²) >= 11 is 0. The lowest BCUT2D eigenvalue weighted by Crippen LogP contribution is -2.23. The number of carbonyl (C=O) groups is 1. The number of hydrogen-bond donors (Lipinski definition) is 2. The molecule has 1 amide bonds. The van der Waals surface area contributed by atoms with E-state index in [-0.39, 0.29) is 11.7 Å². The number of benzene rings is 2. The number of hydrogen-bond acceptors (Lipinski definition) is 2. The Morgan fingerprint density at radius 1 is 1.15 bits per heavy atom. The molecule has 3 heteroatoms. The van der Waals surface area contributed by atoms with E-state index < -0.39 is 0 Å². The minimum absolute atomic E-state index is 0.00485. The molecule has 104 valence electrons. The van der Waals surface area contributed by atoms with Crippen molar-refractivity contribution in [2.45, 2.75) is 26.3 Å². The van der Waals surface area contributed by atoms with Crippen LogP contribution < -0.4 is 5.32 Å². The van der Waals surface area contributed by atoms with E-state index in [4.69, 9.17) is 0 Å². The molecule has 0 atom stereocenters. The van der Waals surface area contributed by atoms with Crippen molar-refractivity contribution in [3.05, 3.63) is 65.2 Å². The van der Waals surface area contributed by atoms with Crippen LogP contribution in [0, 0.1) is 6.92 Å². The summed E-state index contributed by atoms with van der Waals surface area (Å²) in [5.41, 5.74) is 3.11. The molecule has 0 fully saturated rings. The van der Waals surface area contributed by atoms with Gasteiger partial charge in [0.25, 0.3) is 0 Å². The van der Waals surface area contributed by atoms with Gasteiger partial charge in [-0.05, 0) is 25.0 Å². The molecule has 20 heavy (non-hydrogen) atoms. The summed E-state index contributed by atoms with van der Waals surface area (Å²) < 4.78 is 0. The van der Waals surface area contributed by atoms with E-state index in [1.807, 2.05) is 31.2 Å². The van der Waals surface area contributed by atoms with Crippen molar-refractivity contribution >= 4 is 5.91 Å². The molecule has 2 rings (SSSR count). The Morgan fingerprint density at radius 3 is 2.70 bits per heavy atom. The standard InChI is InChI=1S/C17H19NO2/c1-13-5-4-6-14(11-13)9-10-17(20)18-12-15-7-2-3-8-16(15)19/h2-8,11,19H,9-10,12H2,1H3,(H,18,20). The molecule has 0 bridgehead atoms. The molecule has 2 N–H and O–H groups in total. The van der Waals surface area contributed by atoms with Gasteiger partial charge in [0.1, 0.15) is 5.75 Å². The monoisotopic (exact) mass is 269 g/mol. The van der Waals surface area contributed by atoms with E-state index in [2.05, 4.69) is 11.4 Å². The highest BCUT2D eigenvalue weighted by atomic mass is 16.3. The molecule has 0 radical (unpaired) electrons. The molecule has 3 nitrogen and oxygen atoms in total. The van der Waals surface area contributed by atoms with E-state index in [1.165, 1.54) is 11.1 Å². The summed E-state index contributed by atoms with van der Waals surface area (Å²) in [6, 6.07) is 15.2. The van der Waals surface area contributed by atoms with Gasteiger partial charge in [0, 0.05) is 18.5 Å². The number of phenols is 1. The molecular weight excluding hydrogens is 250 g/mol. The van der Waals surface area contributed by atoms with Crippen LogP contribution in [0.3, 0.4) is 0 Å². The number of rotatable bonds is 5. The van der Waals surface area contributed by atoms with Gasteiger partial charge >= 0.3 is 0 Å². The largest absolute Gasteiger partial charge is 0.508 e. The zero-order valence-corrected chi connectivity index (χ0v) is 11.6. The summed E-state index contributed by atoms with van der Waals surface area (Å²) in [6.45, 7) is 2.40. The van der Waals surface area contributed by atoms with Crippen LogP contribution in [0.5, 0.6) is 5.75 Å². The number of amides is 1. The quantitative estimate of drug-likeness (QED) is 0.876. The molecule has 0 aromatic heterocycles. The molecule has 0 spiro atoms. The second kappa shape index (κ2) is 6.75. The normalized spacial score (nSPS) is 10.2. The predicted molar refractivity (Wildman–Crippen MR) is 79.5 cm³/mol. The van der Waals surface area contributed by atoms with Crippen LogP contribution in [0.2, 0.25) is 0 Å². The summed E-state index contributed by atoms with van der Waals surface area (Å²) in [7, 11) is 0. The number of aryl methyl sites for hydroxylation is 2. The van der Waals surface area contributed by atoms with Crippen molar-refractivity contribution in [1.29, 1.82) is 0 Å². The SMILES string of the molecule is Cc1cccc(CCC(=O)NCc2ccccc2O)c1. The highest BCUT2D eigenvalue weighted by Gasteiger charge is 2.04. The molecule has 0 unspecified atom stereocenters. The Balaban J connectivity index is 1.80. The van der Waals surface area contributed by atoms with Crippen LogP contribution in [0.25, 0.3) is 0 Å². The first-order chi connectivity index (χ1) is 9.65. The Morgan fingerprint density at radius 2 is 1.95 bits per heavy atom. The van der Waals surface area contributed by atoms with Crippen molar-refractivity contribution in [3.8, 4) is 5.75 Å². The Hall–Kier alpha value is -2.29. The molecule has 2 aromatic rings. The number of carbonyl (C=O) groups excluding carboxylic acids is 1. The zero-order valence-electron chi connectivity index (χ0n) is 11.6. The van der Waals surface area contributed by atoms with Crippen LogP contribution in [0.1, 0.15) is 23.1 Å². The molecule has 0 heterocycles. The molecule has 2 aromatic carbocycles. The summed E-state index contributed by atoms with van der Waals surface area (Å²) in [5.74, 6) is 0.209. The predicted octanol–water partition coefficient (Wildman–Crippen LogP) is 2.95. The van der Waals surface area contributed by atoms with Gasteiger partial charge < -0.3 is 10.4 Å². The van der Waals surface area contributed by atoms with Gasteiger partial charge in [-0.25, -0.2) is 0 Å². The van der Waals surface area contributed by atoms with E-state index in [0.29, 0.717) is 13.0 Å². The third-order valence-electron chi connectivity index (χ3n) is 3.19. The van der Waals surface area contributed by atoms with Gasteiger partial charge in [-0.15, -0.1) is 0 Å². The fraction of sp³-hybridized carbons (Fsp3) is 0.235. The van der Waals surface area contributed by atoms with Crippen molar-refractivity contribution in [2.24, 2.45) is 0 Å². The van der Waals surface area contributed by atoms with Crippen LogP contribution in [0.4, 0.5) is 0 Å². The fourth-order valence-electron chi connectivity index (χ4n) is 2.07. The van der Waals surface area contributed by atoms with Crippen LogP contribution in [0.15, 0.2) is 48.5 Å². The topological polar surface area (TPSA) is 49.3 Å². The molecule has 0 saturated heterocycles. The number of phenolic OH excluding ortho intramolecular Hbond substituents is 1. The van der Waals surface area contributed by atoms with E-state index in [9.17, 15) is 9.90 Å². The van der Waals surface area contributed by atoms with E-state index in [0.717, 1.165) is 12.0 Å². The Bertz CT molecular complexity index is 593. The Labute approximate surface area is 119 Å². The van der Waals surface area contributed by atoms with Crippen molar-refractivity contribution < 1.29 is 9.90 Å². The first-order valence-corrected chi connectivity index (χ1v) is 6.74. The lowest BCUT2D eigenvalue weighted by Gasteiger charge is -2.07. The zero-order chi connectivity index (χ0) is 14.4. The summed E-state index contributed by atoms with van der Waals surface area (Å²) in [4.78, 5) is 11.8. The summed E-state index contributed by atoms with van der Waals surface area (Å²) in [6.07, 6.45) is 1.19. The lowest BCUT2D eigenvalue weighted by molar-refractivity contribution is -0.121. The van der Waals surface area contributed by atoms with Gasteiger partial charge in [0.2, 0.25) is 5.91 Å². The average Bonchev–Trinajstić information content (AvgIpc) is 2.44. The molecule has 0 aliphatic heterocycles. The maximum Gasteiger partial charge on any atom is 0.220 e. The lowest BCUT2D eigenvalue weighted by atomic mass is 10.1.